The van der Waals surface area contributed by atoms with E-state index in [1.54, 1.807) is 18.2 Å². The van der Waals surface area contributed by atoms with Gasteiger partial charge >= 0.3 is 0 Å². The van der Waals surface area contributed by atoms with Crippen LogP contribution in [0, 0.1) is 16.0 Å². The molecule has 0 aliphatic rings. The van der Waals surface area contributed by atoms with E-state index < -0.39 is 11.0 Å². The molecule has 1 aromatic carbocycles. The quantitative estimate of drug-likeness (QED) is 0.480. The summed E-state index contributed by atoms with van der Waals surface area (Å²) < 4.78 is 5.39. The molecular formula is C18H18N4O4S. The van der Waals surface area contributed by atoms with Gasteiger partial charge in [0.05, 0.1) is 9.80 Å². The first-order chi connectivity index (χ1) is 13.0. The minimum absolute atomic E-state index is 0.0110. The fraction of sp³-hybridized carbons (Fsp3) is 0.278. The molecule has 1 amide bonds. The predicted molar refractivity (Wildman–Crippen MR) is 100 cm³/mol. The van der Waals surface area contributed by atoms with E-state index in [0.717, 1.165) is 6.42 Å². The minimum Gasteiger partial charge on any atom is -0.339 e. The summed E-state index contributed by atoms with van der Waals surface area (Å²) in [5, 5.41) is 19.5. The fourth-order valence-electron chi connectivity index (χ4n) is 2.51. The van der Waals surface area contributed by atoms with Crippen LogP contribution < -0.4 is 5.32 Å². The number of carbonyl (C=O) groups is 1. The number of nitro benzene ring substituents is 1. The first-order valence-corrected chi connectivity index (χ1v) is 9.30. The molecule has 0 aliphatic heterocycles. The highest BCUT2D eigenvalue weighted by atomic mass is 32.1. The van der Waals surface area contributed by atoms with Gasteiger partial charge in [-0.2, -0.15) is 4.98 Å². The van der Waals surface area contributed by atoms with Crippen LogP contribution in [0.15, 0.2) is 46.3 Å². The summed E-state index contributed by atoms with van der Waals surface area (Å²) in [4.78, 5) is 27.7. The molecule has 0 unspecified atom stereocenters. The van der Waals surface area contributed by atoms with Crippen molar-refractivity contribution < 1.29 is 14.2 Å². The lowest BCUT2D eigenvalue weighted by atomic mass is 9.99. The lowest BCUT2D eigenvalue weighted by Gasteiger charge is -2.20. The second-order valence-corrected chi connectivity index (χ2v) is 7.02. The average molecular weight is 386 g/mol. The molecule has 0 aliphatic carbocycles. The molecule has 27 heavy (non-hydrogen) atoms. The summed E-state index contributed by atoms with van der Waals surface area (Å²) in [6.45, 7) is 4.01. The Bertz CT molecular complexity index is 921. The largest absolute Gasteiger partial charge is 0.339 e. The van der Waals surface area contributed by atoms with E-state index in [-0.39, 0.29) is 17.5 Å². The number of rotatable bonds is 7. The monoisotopic (exact) mass is 386 g/mol. The Morgan fingerprint density at radius 1 is 1.33 bits per heavy atom. The van der Waals surface area contributed by atoms with Crippen molar-refractivity contribution in [2.24, 2.45) is 5.92 Å². The maximum Gasteiger partial charge on any atom is 0.269 e. The predicted octanol–water partition coefficient (Wildman–Crippen LogP) is 4.22. The van der Waals surface area contributed by atoms with Gasteiger partial charge < -0.3 is 9.84 Å². The van der Waals surface area contributed by atoms with Crippen molar-refractivity contribution in [3.05, 3.63) is 62.7 Å². The van der Waals surface area contributed by atoms with Crippen LogP contribution in [-0.4, -0.2) is 21.0 Å². The molecule has 1 N–H and O–H groups in total. The molecule has 0 saturated carbocycles. The van der Waals surface area contributed by atoms with E-state index >= 15 is 0 Å². The summed E-state index contributed by atoms with van der Waals surface area (Å²) in [5.41, 5.74) is 0.589. The van der Waals surface area contributed by atoms with E-state index in [4.69, 9.17) is 4.52 Å². The number of carbonyl (C=O) groups excluding carboxylic acids is 1. The van der Waals surface area contributed by atoms with Crippen LogP contribution in [0.2, 0.25) is 0 Å². The van der Waals surface area contributed by atoms with Gasteiger partial charge in [0.15, 0.2) is 0 Å². The van der Waals surface area contributed by atoms with Gasteiger partial charge in [-0.3, -0.25) is 14.9 Å². The van der Waals surface area contributed by atoms with Gasteiger partial charge in [0.2, 0.25) is 11.7 Å². The number of benzene rings is 1. The van der Waals surface area contributed by atoms with Crippen molar-refractivity contribution in [2.75, 3.05) is 0 Å². The summed E-state index contributed by atoms with van der Waals surface area (Å²) >= 11 is 1.36. The van der Waals surface area contributed by atoms with Gasteiger partial charge in [-0.1, -0.05) is 31.5 Å². The Balaban J connectivity index is 1.83. The van der Waals surface area contributed by atoms with Crippen molar-refractivity contribution in [2.45, 2.75) is 26.3 Å². The topological polar surface area (TPSA) is 111 Å². The summed E-state index contributed by atoms with van der Waals surface area (Å²) in [7, 11) is 0. The Hall–Kier alpha value is -3.07. The van der Waals surface area contributed by atoms with Gasteiger partial charge in [-0.15, -0.1) is 11.3 Å². The molecule has 0 saturated heterocycles. The molecule has 0 radical (unpaired) electrons. The van der Waals surface area contributed by atoms with Crippen LogP contribution in [0.3, 0.4) is 0 Å². The molecule has 140 valence electrons. The average Bonchev–Trinajstić information content (AvgIpc) is 3.37. The number of hydrogen-bond acceptors (Lipinski definition) is 7. The highest BCUT2D eigenvalue weighted by Crippen LogP contribution is 2.27. The molecule has 2 aromatic heterocycles. The zero-order valence-corrected chi connectivity index (χ0v) is 15.6. The van der Waals surface area contributed by atoms with Crippen molar-refractivity contribution in [1.82, 2.24) is 15.5 Å². The number of nitro groups is 1. The third-order valence-electron chi connectivity index (χ3n) is 4.29. The minimum atomic E-state index is -0.468. The number of aromatic nitrogens is 2. The van der Waals surface area contributed by atoms with E-state index in [1.165, 1.54) is 23.5 Å². The number of nitrogens with one attached hydrogen (secondary N) is 1. The van der Waals surface area contributed by atoms with Gasteiger partial charge in [-0.25, -0.2) is 0 Å². The molecule has 3 rings (SSSR count). The van der Waals surface area contributed by atoms with Crippen LogP contribution in [0.25, 0.3) is 11.4 Å². The van der Waals surface area contributed by atoms with Crippen molar-refractivity contribution >= 4 is 22.9 Å². The number of nitrogens with zero attached hydrogens (tertiary/aromatic N) is 3. The zero-order valence-electron chi connectivity index (χ0n) is 14.8. The van der Waals surface area contributed by atoms with Crippen molar-refractivity contribution in [3.8, 4) is 11.4 Å². The number of hydrogen-bond donors (Lipinski definition) is 1. The summed E-state index contributed by atoms with van der Waals surface area (Å²) in [5.74, 6) is 0.519. The molecule has 3 aromatic rings. The molecular weight excluding hydrogens is 368 g/mol. The summed E-state index contributed by atoms with van der Waals surface area (Å²) in [6.07, 6.45) is 0.810. The van der Waals surface area contributed by atoms with Gasteiger partial charge in [0.25, 0.3) is 11.6 Å². The van der Waals surface area contributed by atoms with Crippen LogP contribution >= 0.6 is 11.3 Å². The Kier molecular flexibility index (Phi) is 5.60. The molecule has 8 nitrogen and oxygen atoms in total. The lowest BCUT2D eigenvalue weighted by Crippen LogP contribution is -2.32. The standard InChI is InChI=1S/C18H18N4O4S/c1-3-11(2)15(19-17(23)14-5-4-10-27-14)18-20-16(21-26-18)12-6-8-13(9-7-12)22(24)25/h4-11,15H,3H2,1-2H3,(H,19,23)/t11-,15-/m1/s1. The Labute approximate surface area is 159 Å². The lowest BCUT2D eigenvalue weighted by molar-refractivity contribution is -0.384. The zero-order chi connectivity index (χ0) is 19.4. The number of thiophene rings is 1. The SMILES string of the molecule is CC[C@@H](C)[C@@H](NC(=O)c1cccs1)c1nc(-c2ccc([N+](=O)[O-])cc2)no1. The fourth-order valence-corrected chi connectivity index (χ4v) is 3.14. The summed E-state index contributed by atoms with van der Waals surface area (Å²) in [6, 6.07) is 9.04. The van der Waals surface area contributed by atoms with Crippen molar-refractivity contribution in [1.29, 1.82) is 0 Å². The maximum absolute atomic E-state index is 12.4. The van der Waals surface area contributed by atoms with Crippen LogP contribution in [0.4, 0.5) is 5.69 Å². The van der Waals surface area contributed by atoms with E-state index in [9.17, 15) is 14.9 Å². The molecule has 0 fully saturated rings. The highest BCUT2D eigenvalue weighted by molar-refractivity contribution is 7.12. The van der Waals surface area contributed by atoms with Gasteiger partial charge in [0, 0.05) is 17.7 Å². The molecule has 0 spiro atoms. The van der Waals surface area contributed by atoms with Crippen LogP contribution in [-0.2, 0) is 0 Å². The first-order valence-electron chi connectivity index (χ1n) is 8.42. The van der Waals surface area contributed by atoms with E-state index in [0.29, 0.717) is 22.2 Å². The highest BCUT2D eigenvalue weighted by Gasteiger charge is 2.27. The second kappa shape index (κ2) is 8.09. The maximum atomic E-state index is 12.4. The van der Waals surface area contributed by atoms with E-state index in [2.05, 4.69) is 15.5 Å². The molecule has 0 bridgehead atoms. The Morgan fingerprint density at radius 2 is 2.07 bits per heavy atom. The third kappa shape index (κ3) is 4.20. The van der Waals surface area contributed by atoms with Gasteiger partial charge in [0.1, 0.15) is 6.04 Å². The van der Waals surface area contributed by atoms with E-state index in [1.807, 2.05) is 25.3 Å². The number of non-ortho nitro benzene ring substituents is 1. The van der Waals surface area contributed by atoms with Crippen molar-refractivity contribution in [3.63, 3.8) is 0 Å². The third-order valence-corrected chi connectivity index (χ3v) is 5.16. The molecule has 2 heterocycles. The van der Waals surface area contributed by atoms with Crippen LogP contribution in [0.1, 0.15) is 41.9 Å². The van der Waals surface area contributed by atoms with Gasteiger partial charge in [-0.05, 0) is 29.5 Å². The number of amides is 1. The smallest absolute Gasteiger partial charge is 0.269 e. The molecule has 9 heteroatoms. The molecule has 2 atom stereocenters. The normalized spacial score (nSPS) is 13.1. The second-order valence-electron chi connectivity index (χ2n) is 6.07. The Morgan fingerprint density at radius 3 is 2.67 bits per heavy atom. The van der Waals surface area contributed by atoms with Crippen LogP contribution in [0.5, 0.6) is 0 Å². The first kappa shape index (κ1) is 18.7.